The molecule has 0 atom stereocenters. The molecule has 0 aliphatic heterocycles. The first kappa shape index (κ1) is 17.7. The maximum Gasteiger partial charge on any atom is 0.311 e. The third-order valence-electron chi connectivity index (χ3n) is 3.86. The second-order valence-electron chi connectivity index (χ2n) is 5.66. The lowest BCUT2D eigenvalue weighted by atomic mass is 10.1. The SMILES string of the molecule is CCN(CCc1ccncc1)C(=O)C(=O)NCc1ccc(C)cc1. The molecule has 0 saturated heterocycles. The van der Waals surface area contributed by atoms with E-state index in [-0.39, 0.29) is 0 Å². The average molecular weight is 325 g/mol. The summed E-state index contributed by atoms with van der Waals surface area (Å²) in [7, 11) is 0. The molecule has 1 N–H and O–H groups in total. The third kappa shape index (κ3) is 5.19. The zero-order valence-corrected chi connectivity index (χ0v) is 14.2. The van der Waals surface area contributed by atoms with E-state index in [0.29, 0.717) is 26.1 Å². The molecule has 0 aliphatic rings. The van der Waals surface area contributed by atoms with Crippen LogP contribution in [-0.2, 0) is 22.6 Å². The number of carbonyl (C=O) groups is 2. The van der Waals surface area contributed by atoms with Gasteiger partial charge in [-0.2, -0.15) is 0 Å². The number of nitrogens with one attached hydrogen (secondary N) is 1. The Labute approximate surface area is 142 Å². The standard InChI is InChI=1S/C19H23N3O2/c1-3-22(13-10-16-8-11-20-12-9-16)19(24)18(23)21-14-17-6-4-15(2)5-7-17/h4-9,11-12H,3,10,13-14H2,1-2H3,(H,21,23). The van der Waals surface area contributed by atoms with Crippen LogP contribution in [0, 0.1) is 6.92 Å². The van der Waals surface area contributed by atoms with Crippen LogP contribution >= 0.6 is 0 Å². The normalized spacial score (nSPS) is 10.2. The van der Waals surface area contributed by atoms with Gasteiger partial charge in [0.05, 0.1) is 0 Å². The molecule has 0 unspecified atom stereocenters. The largest absolute Gasteiger partial charge is 0.344 e. The highest BCUT2D eigenvalue weighted by atomic mass is 16.2. The van der Waals surface area contributed by atoms with Gasteiger partial charge in [0.15, 0.2) is 0 Å². The second kappa shape index (κ2) is 8.82. The van der Waals surface area contributed by atoms with Crippen molar-refractivity contribution >= 4 is 11.8 Å². The maximum absolute atomic E-state index is 12.3. The Bertz CT molecular complexity index is 669. The van der Waals surface area contributed by atoms with Crippen molar-refractivity contribution in [1.29, 1.82) is 0 Å². The van der Waals surface area contributed by atoms with Crippen LogP contribution in [0.3, 0.4) is 0 Å². The monoisotopic (exact) mass is 325 g/mol. The first-order chi connectivity index (χ1) is 11.6. The van der Waals surface area contributed by atoms with Gasteiger partial charge in [-0.05, 0) is 43.5 Å². The van der Waals surface area contributed by atoms with Gasteiger partial charge in [-0.3, -0.25) is 14.6 Å². The van der Waals surface area contributed by atoms with Gasteiger partial charge in [-0.1, -0.05) is 29.8 Å². The number of amides is 2. The van der Waals surface area contributed by atoms with Crippen molar-refractivity contribution in [2.24, 2.45) is 0 Å². The van der Waals surface area contributed by atoms with Crippen LogP contribution < -0.4 is 5.32 Å². The molecule has 1 aromatic heterocycles. The van der Waals surface area contributed by atoms with Crippen molar-refractivity contribution in [3.63, 3.8) is 0 Å². The van der Waals surface area contributed by atoms with Gasteiger partial charge in [0, 0.05) is 32.0 Å². The predicted octanol–water partition coefficient (Wildman–Crippen LogP) is 2.10. The molecule has 2 aromatic rings. The van der Waals surface area contributed by atoms with E-state index in [2.05, 4.69) is 10.3 Å². The number of aromatic nitrogens is 1. The van der Waals surface area contributed by atoms with E-state index in [1.165, 1.54) is 0 Å². The fourth-order valence-electron chi connectivity index (χ4n) is 2.32. The molecule has 1 aromatic carbocycles. The number of pyridine rings is 1. The summed E-state index contributed by atoms with van der Waals surface area (Å²) in [5, 5.41) is 2.69. The highest BCUT2D eigenvalue weighted by Gasteiger charge is 2.19. The minimum Gasteiger partial charge on any atom is -0.344 e. The Hall–Kier alpha value is -2.69. The van der Waals surface area contributed by atoms with E-state index in [9.17, 15) is 9.59 Å². The average Bonchev–Trinajstić information content (AvgIpc) is 2.62. The van der Waals surface area contributed by atoms with Crippen LogP contribution in [-0.4, -0.2) is 34.8 Å². The number of hydrogen-bond donors (Lipinski definition) is 1. The molecule has 0 bridgehead atoms. The van der Waals surface area contributed by atoms with Gasteiger partial charge < -0.3 is 10.2 Å². The topological polar surface area (TPSA) is 62.3 Å². The Morgan fingerprint density at radius 1 is 1.04 bits per heavy atom. The van der Waals surface area contributed by atoms with Crippen LogP contribution in [0.4, 0.5) is 0 Å². The van der Waals surface area contributed by atoms with E-state index in [1.807, 2.05) is 50.2 Å². The molecule has 0 spiro atoms. The van der Waals surface area contributed by atoms with Crippen molar-refractivity contribution in [3.8, 4) is 0 Å². The van der Waals surface area contributed by atoms with Crippen LogP contribution in [0.2, 0.25) is 0 Å². The predicted molar refractivity (Wildman–Crippen MR) is 93.2 cm³/mol. The zero-order valence-electron chi connectivity index (χ0n) is 14.2. The number of rotatable bonds is 6. The summed E-state index contributed by atoms with van der Waals surface area (Å²) in [5.41, 5.74) is 3.23. The summed E-state index contributed by atoms with van der Waals surface area (Å²) < 4.78 is 0. The van der Waals surface area contributed by atoms with Gasteiger partial charge in [-0.25, -0.2) is 0 Å². The fourth-order valence-corrected chi connectivity index (χ4v) is 2.32. The summed E-state index contributed by atoms with van der Waals surface area (Å²) >= 11 is 0. The number of carbonyl (C=O) groups excluding carboxylic acids is 2. The molecular formula is C19H23N3O2. The van der Waals surface area contributed by atoms with Gasteiger partial charge in [0.1, 0.15) is 0 Å². The molecule has 0 aliphatic carbocycles. The van der Waals surface area contributed by atoms with Crippen molar-refractivity contribution in [2.75, 3.05) is 13.1 Å². The highest BCUT2D eigenvalue weighted by Crippen LogP contribution is 2.03. The van der Waals surface area contributed by atoms with Gasteiger partial charge in [-0.15, -0.1) is 0 Å². The van der Waals surface area contributed by atoms with Gasteiger partial charge >= 0.3 is 11.8 Å². The number of hydrogen-bond acceptors (Lipinski definition) is 3. The minimum atomic E-state index is -0.563. The molecule has 0 radical (unpaired) electrons. The molecule has 1 heterocycles. The molecule has 2 rings (SSSR count). The Balaban J connectivity index is 1.85. The molecular weight excluding hydrogens is 302 g/mol. The number of likely N-dealkylation sites (N-methyl/N-ethyl adjacent to an activating group) is 1. The summed E-state index contributed by atoms with van der Waals surface area (Å²) in [6.45, 7) is 5.25. The minimum absolute atomic E-state index is 0.354. The molecule has 0 saturated carbocycles. The smallest absolute Gasteiger partial charge is 0.311 e. The lowest BCUT2D eigenvalue weighted by Gasteiger charge is -2.20. The Morgan fingerprint density at radius 3 is 2.33 bits per heavy atom. The fraction of sp³-hybridized carbons (Fsp3) is 0.316. The van der Waals surface area contributed by atoms with Gasteiger partial charge in [0.25, 0.3) is 0 Å². The summed E-state index contributed by atoms with van der Waals surface area (Å²) in [6, 6.07) is 11.7. The van der Waals surface area contributed by atoms with Crippen molar-refractivity contribution < 1.29 is 9.59 Å². The number of benzene rings is 1. The van der Waals surface area contributed by atoms with Crippen molar-refractivity contribution in [2.45, 2.75) is 26.8 Å². The van der Waals surface area contributed by atoms with Crippen molar-refractivity contribution in [3.05, 3.63) is 65.5 Å². The highest BCUT2D eigenvalue weighted by molar-refractivity contribution is 6.34. The van der Waals surface area contributed by atoms with Crippen LogP contribution in [0.1, 0.15) is 23.6 Å². The molecule has 5 nitrogen and oxygen atoms in total. The first-order valence-corrected chi connectivity index (χ1v) is 8.11. The van der Waals surface area contributed by atoms with E-state index < -0.39 is 11.8 Å². The third-order valence-corrected chi connectivity index (χ3v) is 3.86. The van der Waals surface area contributed by atoms with Crippen LogP contribution in [0.25, 0.3) is 0 Å². The Kier molecular flexibility index (Phi) is 6.49. The molecule has 126 valence electrons. The Morgan fingerprint density at radius 2 is 1.71 bits per heavy atom. The summed E-state index contributed by atoms with van der Waals surface area (Å²) in [5.74, 6) is -1.05. The molecule has 2 amide bonds. The lowest BCUT2D eigenvalue weighted by Crippen LogP contribution is -2.43. The lowest BCUT2D eigenvalue weighted by molar-refractivity contribution is -0.145. The zero-order chi connectivity index (χ0) is 17.4. The summed E-state index contributed by atoms with van der Waals surface area (Å²) in [4.78, 5) is 29.9. The van der Waals surface area contributed by atoms with E-state index in [4.69, 9.17) is 0 Å². The molecule has 5 heteroatoms. The number of nitrogens with zero attached hydrogens (tertiary/aromatic N) is 2. The number of aryl methyl sites for hydroxylation is 1. The van der Waals surface area contributed by atoms with Crippen LogP contribution in [0.5, 0.6) is 0 Å². The van der Waals surface area contributed by atoms with E-state index in [0.717, 1.165) is 16.7 Å². The summed E-state index contributed by atoms with van der Waals surface area (Å²) in [6.07, 6.45) is 4.15. The first-order valence-electron chi connectivity index (χ1n) is 8.11. The maximum atomic E-state index is 12.3. The van der Waals surface area contributed by atoms with Crippen molar-refractivity contribution in [1.82, 2.24) is 15.2 Å². The van der Waals surface area contributed by atoms with E-state index in [1.54, 1.807) is 17.3 Å². The molecule has 0 fully saturated rings. The molecule has 24 heavy (non-hydrogen) atoms. The second-order valence-corrected chi connectivity index (χ2v) is 5.66. The quantitative estimate of drug-likeness (QED) is 0.827. The van der Waals surface area contributed by atoms with Crippen LogP contribution in [0.15, 0.2) is 48.8 Å². The van der Waals surface area contributed by atoms with Gasteiger partial charge in [0.2, 0.25) is 0 Å². The van der Waals surface area contributed by atoms with E-state index >= 15 is 0 Å².